The maximum Gasteiger partial charge on any atom is 0.0982 e. The summed E-state index contributed by atoms with van der Waals surface area (Å²) in [5, 5.41) is 9.13. The third kappa shape index (κ3) is 4.05. The van der Waals surface area contributed by atoms with Gasteiger partial charge in [-0.1, -0.05) is 43.7 Å². The highest BCUT2D eigenvalue weighted by Crippen LogP contribution is 2.31. The van der Waals surface area contributed by atoms with Crippen molar-refractivity contribution in [2.45, 2.75) is 45.6 Å². The van der Waals surface area contributed by atoms with Gasteiger partial charge in [-0.25, -0.2) is 0 Å². The minimum absolute atomic E-state index is 0.0235. The highest BCUT2D eigenvalue weighted by atomic mass is 16.5. The summed E-state index contributed by atoms with van der Waals surface area (Å²) < 4.78 is 5.49. The molecule has 0 amide bonds. The lowest BCUT2D eigenvalue weighted by Gasteiger charge is -2.40. The Kier molecular flexibility index (Phi) is 5.89. The van der Waals surface area contributed by atoms with Gasteiger partial charge in [0, 0.05) is 36.2 Å². The molecule has 1 aliphatic heterocycles. The average Bonchev–Trinajstić information content (AvgIpc) is 2.66. The second kappa shape index (κ2) is 8.14. The van der Waals surface area contributed by atoms with Crippen molar-refractivity contribution in [3.63, 3.8) is 0 Å². The zero-order valence-corrected chi connectivity index (χ0v) is 16.2. The molecule has 1 saturated heterocycles. The van der Waals surface area contributed by atoms with E-state index in [4.69, 9.17) is 10.5 Å². The minimum Gasteiger partial charge on any atom is -0.397 e. The number of benzene rings is 1. The van der Waals surface area contributed by atoms with Gasteiger partial charge in [-0.15, -0.1) is 5.10 Å². The molecule has 26 heavy (non-hydrogen) atoms. The van der Waals surface area contributed by atoms with Crippen LogP contribution in [0, 0.1) is 0 Å². The number of nitrogens with zero attached hydrogens (tertiary/aromatic N) is 3. The van der Waals surface area contributed by atoms with Gasteiger partial charge >= 0.3 is 0 Å². The molecule has 5 heteroatoms. The topological polar surface area (TPSA) is 64.3 Å². The van der Waals surface area contributed by atoms with Crippen LogP contribution in [0.3, 0.4) is 0 Å². The van der Waals surface area contributed by atoms with Gasteiger partial charge in [-0.3, -0.25) is 4.90 Å². The molecule has 2 aromatic rings. The van der Waals surface area contributed by atoms with E-state index in [-0.39, 0.29) is 5.54 Å². The predicted octanol–water partition coefficient (Wildman–Crippen LogP) is 3.33. The molecule has 1 aromatic heterocycles. The Bertz CT molecular complexity index is 724. The van der Waals surface area contributed by atoms with Gasteiger partial charge in [0.15, 0.2) is 0 Å². The molecular formula is C21H30N4O. The number of anilines is 1. The summed E-state index contributed by atoms with van der Waals surface area (Å²) in [7, 11) is 0. The lowest BCUT2D eigenvalue weighted by molar-refractivity contribution is -0.0101. The zero-order valence-electron chi connectivity index (χ0n) is 16.2. The third-order valence-electron chi connectivity index (χ3n) is 5.21. The van der Waals surface area contributed by atoms with Crippen molar-refractivity contribution in [3.8, 4) is 11.3 Å². The summed E-state index contributed by atoms with van der Waals surface area (Å²) in [5.74, 6) is 0. The van der Waals surface area contributed by atoms with Crippen molar-refractivity contribution >= 4 is 5.69 Å². The van der Waals surface area contributed by atoms with Crippen LogP contribution in [0.5, 0.6) is 0 Å². The van der Waals surface area contributed by atoms with Crippen molar-refractivity contribution in [2.24, 2.45) is 0 Å². The first-order valence-electron chi connectivity index (χ1n) is 9.55. The van der Waals surface area contributed by atoms with Crippen molar-refractivity contribution in [2.75, 3.05) is 32.0 Å². The van der Waals surface area contributed by atoms with Crippen molar-refractivity contribution in [1.29, 1.82) is 0 Å². The Balaban J connectivity index is 1.92. The number of hydrogen-bond donors (Lipinski definition) is 1. The average molecular weight is 354 g/mol. The van der Waals surface area contributed by atoms with E-state index in [1.54, 1.807) is 0 Å². The standard InChI is InChI=1S/C21H30N4O/c1-4-8-17-19(22)18(15-21(2,3)25-11-13-26-14-12-25)23-24-20(17)16-9-6-5-7-10-16/h5-7,9-10H,4,8,11-15H2,1-3H3,(H2,22,24). The molecule has 1 fully saturated rings. The summed E-state index contributed by atoms with van der Waals surface area (Å²) >= 11 is 0. The molecule has 2 heterocycles. The van der Waals surface area contributed by atoms with Crippen LogP contribution in [0.25, 0.3) is 11.3 Å². The minimum atomic E-state index is -0.0235. The summed E-state index contributed by atoms with van der Waals surface area (Å²) in [5.41, 5.74) is 11.4. The molecule has 5 nitrogen and oxygen atoms in total. The van der Waals surface area contributed by atoms with Crippen molar-refractivity contribution in [1.82, 2.24) is 15.1 Å². The Morgan fingerprint density at radius 1 is 1.12 bits per heavy atom. The highest BCUT2D eigenvalue weighted by molar-refractivity contribution is 5.70. The van der Waals surface area contributed by atoms with Crippen LogP contribution < -0.4 is 5.73 Å². The van der Waals surface area contributed by atoms with Crippen LogP contribution in [0.4, 0.5) is 5.69 Å². The van der Waals surface area contributed by atoms with E-state index < -0.39 is 0 Å². The molecule has 0 radical (unpaired) electrons. The van der Waals surface area contributed by atoms with Crippen LogP contribution in [0.1, 0.15) is 38.4 Å². The molecule has 0 bridgehead atoms. The van der Waals surface area contributed by atoms with Crippen LogP contribution in [-0.2, 0) is 17.6 Å². The largest absolute Gasteiger partial charge is 0.397 e. The van der Waals surface area contributed by atoms with E-state index in [2.05, 4.69) is 48.0 Å². The molecule has 1 aromatic carbocycles. The molecule has 0 atom stereocenters. The maximum absolute atomic E-state index is 6.60. The molecule has 2 N–H and O–H groups in total. The first kappa shape index (κ1) is 18.8. The first-order valence-corrected chi connectivity index (χ1v) is 9.55. The van der Waals surface area contributed by atoms with Gasteiger partial charge in [0.05, 0.1) is 30.3 Å². The van der Waals surface area contributed by atoms with Crippen LogP contribution in [-0.4, -0.2) is 46.9 Å². The van der Waals surface area contributed by atoms with E-state index in [0.29, 0.717) is 0 Å². The first-order chi connectivity index (χ1) is 12.5. The predicted molar refractivity (Wildman–Crippen MR) is 106 cm³/mol. The SMILES string of the molecule is CCCc1c(-c2ccccc2)nnc(CC(C)(C)N2CCOCC2)c1N. The molecule has 0 saturated carbocycles. The second-order valence-electron chi connectivity index (χ2n) is 7.59. The third-order valence-corrected chi connectivity index (χ3v) is 5.21. The number of hydrogen-bond acceptors (Lipinski definition) is 5. The summed E-state index contributed by atoms with van der Waals surface area (Å²) in [6, 6.07) is 10.2. The van der Waals surface area contributed by atoms with Crippen LogP contribution in [0.15, 0.2) is 30.3 Å². The molecule has 1 aliphatic rings. The zero-order chi connectivity index (χ0) is 18.6. The number of morpholine rings is 1. The summed E-state index contributed by atoms with van der Waals surface area (Å²) in [6.07, 6.45) is 2.73. The molecule has 3 rings (SSSR count). The van der Waals surface area contributed by atoms with Crippen molar-refractivity contribution in [3.05, 3.63) is 41.6 Å². The monoisotopic (exact) mass is 354 g/mol. The van der Waals surface area contributed by atoms with Crippen LogP contribution in [0.2, 0.25) is 0 Å². The highest BCUT2D eigenvalue weighted by Gasteiger charge is 2.30. The van der Waals surface area contributed by atoms with Gasteiger partial charge in [-0.2, -0.15) is 5.10 Å². The number of nitrogens with two attached hydrogens (primary N) is 1. The Labute approximate surface area is 156 Å². The van der Waals surface area contributed by atoms with Gasteiger partial charge in [0.1, 0.15) is 0 Å². The molecule has 0 aliphatic carbocycles. The fourth-order valence-corrected chi connectivity index (χ4v) is 3.68. The number of aromatic nitrogens is 2. The van der Waals surface area contributed by atoms with E-state index in [1.165, 1.54) is 0 Å². The van der Waals surface area contributed by atoms with Gasteiger partial charge < -0.3 is 10.5 Å². The maximum atomic E-state index is 6.60. The Morgan fingerprint density at radius 3 is 2.46 bits per heavy atom. The number of rotatable bonds is 6. The fraction of sp³-hybridized carbons (Fsp3) is 0.524. The van der Waals surface area contributed by atoms with Crippen molar-refractivity contribution < 1.29 is 4.74 Å². The molecule has 140 valence electrons. The van der Waals surface area contributed by atoms with E-state index >= 15 is 0 Å². The number of nitrogen functional groups attached to an aromatic ring is 1. The molecular weight excluding hydrogens is 324 g/mol. The normalized spacial score (nSPS) is 16.0. The Morgan fingerprint density at radius 2 is 1.81 bits per heavy atom. The van der Waals surface area contributed by atoms with E-state index in [1.807, 2.05) is 18.2 Å². The molecule has 0 unspecified atom stereocenters. The van der Waals surface area contributed by atoms with Crippen LogP contribution >= 0.6 is 0 Å². The number of ether oxygens (including phenoxy) is 1. The van der Waals surface area contributed by atoms with Gasteiger partial charge in [0.2, 0.25) is 0 Å². The van der Waals surface area contributed by atoms with E-state index in [9.17, 15) is 0 Å². The summed E-state index contributed by atoms with van der Waals surface area (Å²) in [6.45, 7) is 10.2. The quantitative estimate of drug-likeness (QED) is 0.862. The fourth-order valence-electron chi connectivity index (χ4n) is 3.68. The molecule has 0 spiro atoms. The Hall–Kier alpha value is -1.98. The van der Waals surface area contributed by atoms with E-state index in [0.717, 1.165) is 73.8 Å². The van der Waals surface area contributed by atoms with Gasteiger partial charge in [-0.05, 0) is 20.3 Å². The lowest BCUT2D eigenvalue weighted by Crippen LogP contribution is -2.51. The smallest absolute Gasteiger partial charge is 0.0982 e. The lowest BCUT2D eigenvalue weighted by atomic mass is 9.92. The summed E-state index contributed by atoms with van der Waals surface area (Å²) in [4.78, 5) is 2.46. The van der Waals surface area contributed by atoms with Gasteiger partial charge in [0.25, 0.3) is 0 Å². The second-order valence-corrected chi connectivity index (χ2v) is 7.59.